The van der Waals surface area contributed by atoms with E-state index in [2.05, 4.69) is 22.7 Å². The molecule has 4 N–H and O–H groups in total. The van der Waals surface area contributed by atoms with Gasteiger partial charge >= 0.3 is 0 Å². The van der Waals surface area contributed by atoms with Gasteiger partial charge in [-0.2, -0.15) is 0 Å². The lowest BCUT2D eigenvalue weighted by molar-refractivity contribution is 0.627. The van der Waals surface area contributed by atoms with Crippen LogP contribution in [0.25, 0.3) is 0 Å². The Bertz CT molecular complexity index is 370. The third-order valence-electron chi connectivity index (χ3n) is 2.22. The summed E-state index contributed by atoms with van der Waals surface area (Å²) >= 11 is 0. The number of unbranched alkanes of at least 4 members (excludes halogenated alkanes) is 1. The van der Waals surface area contributed by atoms with E-state index < -0.39 is 0 Å². The number of aliphatic imine (C=N–C) groups is 1. The van der Waals surface area contributed by atoms with Gasteiger partial charge in [-0.05, 0) is 37.1 Å². The topological polar surface area (TPSA) is 62.4 Å². The first-order valence-corrected chi connectivity index (χ1v) is 5.71. The SMILES string of the molecule is CCCCN=C(NN)Nc1cc(C)cc(F)c1. The van der Waals surface area contributed by atoms with Crippen LogP contribution in [-0.2, 0) is 0 Å². The number of aryl methyl sites for hydroxylation is 1. The standard InChI is InChI=1S/C12H19FN4/c1-3-4-5-15-12(17-14)16-11-7-9(2)6-10(13)8-11/h6-8H,3-5,14H2,1-2H3,(H2,15,16,17). The summed E-state index contributed by atoms with van der Waals surface area (Å²) in [6, 6.07) is 4.70. The Morgan fingerprint density at radius 3 is 2.76 bits per heavy atom. The molecule has 4 nitrogen and oxygen atoms in total. The smallest absolute Gasteiger partial charge is 0.210 e. The van der Waals surface area contributed by atoms with Crippen molar-refractivity contribution < 1.29 is 4.39 Å². The van der Waals surface area contributed by atoms with Gasteiger partial charge < -0.3 is 5.32 Å². The van der Waals surface area contributed by atoms with Gasteiger partial charge in [0.05, 0.1) is 0 Å². The number of anilines is 1. The van der Waals surface area contributed by atoms with Crippen molar-refractivity contribution in [3.63, 3.8) is 0 Å². The maximum absolute atomic E-state index is 13.2. The van der Waals surface area contributed by atoms with Crippen molar-refractivity contribution in [2.75, 3.05) is 11.9 Å². The summed E-state index contributed by atoms with van der Waals surface area (Å²) < 4.78 is 13.2. The van der Waals surface area contributed by atoms with Crippen LogP contribution in [0.4, 0.5) is 10.1 Å². The Morgan fingerprint density at radius 1 is 1.41 bits per heavy atom. The number of nitrogens with one attached hydrogen (secondary N) is 2. The van der Waals surface area contributed by atoms with E-state index in [0.29, 0.717) is 18.2 Å². The fraction of sp³-hybridized carbons (Fsp3) is 0.417. The van der Waals surface area contributed by atoms with Crippen molar-refractivity contribution in [3.8, 4) is 0 Å². The lowest BCUT2D eigenvalue weighted by Crippen LogP contribution is -2.36. The van der Waals surface area contributed by atoms with Crippen LogP contribution in [0.1, 0.15) is 25.3 Å². The molecule has 0 bridgehead atoms. The Hall–Kier alpha value is -1.62. The van der Waals surface area contributed by atoms with Gasteiger partial charge in [0.1, 0.15) is 5.82 Å². The number of halogens is 1. The Balaban J connectivity index is 2.69. The molecule has 5 heteroatoms. The fourth-order valence-electron chi connectivity index (χ4n) is 1.42. The van der Waals surface area contributed by atoms with Crippen LogP contribution in [-0.4, -0.2) is 12.5 Å². The van der Waals surface area contributed by atoms with E-state index in [1.54, 1.807) is 0 Å². The molecule has 0 aromatic heterocycles. The second-order valence-electron chi connectivity index (χ2n) is 3.87. The molecule has 0 unspecified atom stereocenters. The molecule has 0 spiro atoms. The van der Waals surface area contributed by atoms with Gasteiger partial charge in [0.15, 0.2) is 0 Å². The summed E-state index contributed by atoms with van der Waals surface area (Å²) in [5.41, 5.74) is 3.94. The van der Waals surface area contributed by atoms with Crippen LogP contribution in [0.3, 0.4) is 0 Å². The Morgan fingerprint density at radius 2 is 2.18 bits per heavy atom. The summed E-state index contributed by atoms with van der Waals surface area (Å²) in [5.74, 6) is 5.51. The average Bonchev–Trinajstić information content (AvgIpc) is 2.26. The molecule has 0 radical (unpaired) electrons. The highest BCUT2D eigenvalue weighted by Gasteiger charge is 2.00. The molecule has 0 saturated carbocycles. The number of nitrogens with two attached hydrogens (primary N) is 1. The second kappa shape index (κ2) is 6.85. The molecule has 1 aromatic rings. The van der Waals surface area contributed by atoms with Crippen LogP contribution in [0.2, 0.25) is 0 Å². The van der Waals surface area contributed by atoms with Gasteiger partial charge in [0.25, 0.3) is 0 Å². The fourth-order valence-corrected chi connectivity index (χ4v) is 1.42. The number of hydrogen-bond acceptors (Lipinski definition) is 2. The minimum absolute atomic E-state index is 0.280. The zero-order valence-electron chi connectivity index (χ0n) is 10.3. The van der Waals surface area contributed by atoms with E-state index >= 15 is 0 Å². The molecule has 0 heterocycles. The van der Waals surface area contributed by atoms with Crippen LogP contribution in [0.15, 0.2) is 23.2 Å². The van der Waals surface area contributed by atoms with E-state index in [1.165, 1.54) is 12.1 Å². The molecule has 0 saturated heterocycles. The first-order valence-electron chi connectivity index (χ1n) is 5.71. The summed E-state index contributed by atoms with van der Waals surface area (Å²) in [4.78, 5) is 4.23. The summed E-state index contributed by atoms with van der Waals surface area (Å²) in [5, 5.41) is 2.94. The van der Waals surface area contributed by atoms with Crippen molar-refractivity contribution >= 4 is 11.6 Å². The quantitative estimate of drug-likeness (QED) is 0.248. The highest BCUT2D eigenvalue weighted by molar-refractivity contribution is 5.93. The van der Waals surface area contributed by atoms with Gasteiger partial charge in [0, 0.05) is 12.2 Å². The molecule has 0 aliphatic carbocycles. The van der Waals surface area contributed by atoms with Crippen LogP contribution >= 0.6 is 0 Å². The number of nitrogens with zero attached hydrogens (tertiary/aromatic N) is 1. The summed E-state index contributed by atoms with van der Waals surface area (Å²) in [6.45, 7) is 4.61. The largest absolute Gasteiger partial charge is 0.325 e. The molecule has 1 aromatic carbocycles. The van der Waals surface area contributed by atoms with Crippen LogP contribution in [0, 0.1) is 12.7 Å². The normalized spacial score (nSPS) is 11.4. The molecular weight excluding hydrogens is 219 g/mol. The first kappa shape index (κ1) is 13.4. The minimum atomic E-state index is -0.280. The predicted molar refractivity (Wildman–Crippen MR) is 69.3 cm³/mol. The lowest BCUT2D eigenvalue weighted by atomic mass is 10.2. The van der Waals surface area contributed by atoms with Gasteiger partial charge in [-0.25, -0.2) is 10.2 Å². The molecule has 0 aliphatic heterocycles. The van der Waals surface area contributed by atoms with E-state index in [-0.39, 0.29) is 5.82 Å². The zero-order valence-corrected chi connectivity index (χ0v) is 10.3. The number of benzene rings is 1. The molecule has 0 aliphatic rings. The molecule has 0 fully saturated rings. The van der Waals surface area contributed by atoms with Crippen molar-refractivity contribution in [2.24, 2.45) is 10.8 Å². The monoisotopic (exact) mass is 238 g/mol. The van der Waals surface area contributed by atoms with Gasteiger partial charge in [-0.3, -0.25) is 10.4 Å². The Kier molecular flexibility index (Phi) is 5.42. The van der Waals surface area contributed by atoms with E-state index in [0.717, 1.165) is 18.4 Å². The van der Waals surface area contributed by atoms with Gasteiger partial charge in [0.2, 0.25) is 5.96 Å². The molecule has 17 heavy (non-hydrogen) atoms. The van der Waals surface area contributed by atoms with E-state index in [4.69, 9.17) is 5.84 Å². The molecule has 0 amide bonds. The molecule has 0 atom stereocenters. The van der Waals surface area contributed by atoms with Crippen molar-refractivity contribution in [2.45, 2.75) is 26.7 Å². The second-order valence-corrected chi connectivity index (χ2v) is 3.87. The predicted octanol–water partition coefficient (Wildman–Crippen LogP) is 2.17. The number of rotatable bonds is 4. The van der Waals surface area contributed by atoms with Crippen molar-refractivity contribution in [3.05, 3.63) is 29.6 Å². The Labute approximate surface area is 101 Å². The third-order valence-corrected chi connectivity index (χ3v) is 2.22. The highest BCUT2D eigenvalue weighted by atomic mass is 19.1. The molecular formula is C12H19FN4. The minimum Gasteiger partial charge on any atom is -0.325 e. The number of guanidine groups is 1. The zero-order chi connectivity index (χ0) is 12.7. The number of hydrogen-bond donors (Lipinski definition) is 3. The van der Waals surface area contributed by atoms with Gasteiger partial charge in [-0.1, -0.05) is 13.3 Å². The highest BCUT2D eigenvalue weighted by Crippen LogP contribution is 2.12. The first-order chi connectivity index (χ1) is 8.15. The van der Waals surface area contributed by atoms with Crippen LogP contribution < -0.4 is 16.6 Å². The van der Waals surface area contributed by atoms with E-state index in [9.17, 15) is 4.39 Å². The molecule has 1 rings (SSSR count). The van der Waals surface area contributed by atoms with Crippen LogP contribution in [0.5, 0.6) is 0 Å². The van der Waals surface area contributed by atoms with Crippen molar-refractivity contribution in [1.82, 2.24) is 5.43 Å². The maximum Gasteiger partial charge on any atom is 0.210 e. The van der Waals surface area contributed by atoms with Gasteiger partial charge in [-0.15, -0.1) is 0 Å². The lowest BCUT2D eigenvalue weighted by Gasteiger charge is -2.10. The summed E-state index contributed by atoms with van der Waals surface area (Å²) in [7, 11) is 0. The maximum atomic E-state index is 13.2. The third kappa shape index (κ3) is 4.82. The average molecular weight is 238 g/mol. The molecule has 94 valence electrons. The summed E-state index contributed by atoms with van der Waals surface area (Å²) in [6.07, 6.45) is 2.06. The van der Waals surface area contributed by atoms with E-state index in [1.807, 2.05) is 13.0 Å². The number of hydrazine groups is 1. The van der Waals surface area contributed by atoms with Crippen molar-refractivity contribution in [1.29, 1.82) is 0 Å².